The van der Waals surface area contributed by atoms with E-state index in [0.29, 0.717) is 32.1 Å². The number of nitrogens with zero attached hydrogens (tertiary/aromatic N) is 4. The molecule has 0 aliphatic carbocycles. The molecule has 0 aliphatic heterocycles. The van der Waals surface area contributed by atoms with Gasteiger partial charge in [-0.05, 0) is 31.2 Å². The molecule has 3 aromatic rings. The van der Waals surface area contributed by atoms with Crippen molar-refractivity contribution in [2.75, 3.05) is 7.11 Å². The summed E-state index contributed by atoms with van der Waals surface area (Å²) in [4.78, 5) is 40.4. The van der Waals surface area contributed by atoms with Crippen LogP contribution in [0.5, 0.6) is 5.75 Å². The highest BCUT2D eigenvalue weighted by Gasteiger charge is 2.25. The van der Waals surface area contributed by atoms with Gasteiger partial charge in [-0.15, -0.1) is 0 Å². The molecule has 0 radical (unpaired) electrons. The smallest absolute Gasteiger partial charge is 0.346 e. The molecule has 33 heavy (non-hydrogen) atoms. The van der Waals surface area contributed by atoms with E-state index in [0.717, 1.165) is 4.68 Å². The van der Waals surface area contributed by atoms with E-state index in [1.54, 1.807) is 18.2 Å². The third-order valence-corrected chi connectivity index (χ3v) is 5.54. The number of ether oxygens (including phenoxy) is 2. The predicted octanol–water partition coefficient (Wildman–Crippen LogP) is 4.21. The highest BCUT2D eigenvalue weighted by Crippen LogP contribution is 2.34. The molecule has 1 heterocycles. The van der Waals surface area contributed by atoms with Crippen molar-refractivity contribution in [1.82, 2.24) is 9.66 Å². The normalized spacial score (nSPS) is 12.2. The van der Waals surface area contributed by atoms with E-state index < -0.39 is 22.6 Å². The van der Waals surface area contributed by atoms with Gasteiger partial charge in [0.1, 0.15) is 5.82 Å². The summed E-state index contributed by atoms with van der Waals surface area (Å²) in [5.41, 5.74) is -0.0786. The Morgan fingerprint density at radius 1 is 1.30 bits per heavy atom. The van der Waals surface area contributed by atoms with Crippen LogP contribution in [0.25, 0.3) is 10.9 Å². The zero-order valence-electron chi connectivity index (χ0n) is 17.7. The van der Waals surface area contributed by atoms with Crippen LogP contribution in [0, 0.1) is 10.1 Å². The number of nitro benzene ring substituents is 1. The summed E-state index contributed by atoms with van der Waals surface area (Å²) in [7, 11) is 1.18. The zero-order chi connectivity index (χ0) is 24.3. The van der Waals surface area contributed by atoms with E-state index in [2.05, 4.69) is 46.7 Å². The van der Waals surface area contributed by atoms with Crippen molar-refractivity contribution in [3.63, 3.8) is 0 Å². The highest BCUT2D eigenvalue weighted by molar-refractivity contribution is 9.10. The van der Waals surface area contributed by atoms with Crippen LogP contribution in [0.1, 0.15) is 25.2 Å². The molecule has 3 rings (SSSR count). The minimum absolute atomic E-state index is 0.176. The van der Waals surface area contributed by atoms with E-state index in [-0.39, 0.29) is 17.0 Å². The van der Waals surface area contributed by atoms with Gasteiger partial charge in [-0.1, -0.05) is 38.8 Å². The molecule has 0 saturated carbocycles. The van der Waals surface area contributed by atoms with Gasteiger partial charge in [-0.25, -0.2) is 9.78 Å². The SMILES string of the molecule is CCc1nc2ccc(Br)cc2c(=O)n1N=Cc1cc(Br)cc([N+](=O)[O-])c1O[C@H](C)C(=O)OC. The topological polar surface area (TPSA) is 126 Å². The lowest BCUT2D eigenvalue weighted by atomic mass is 10.2. The van der Waals surface area contributed by atoms with Crippen molar-refractivity contribution in [3.8, 4) is 5.75 Å². The molecule has 0 amide bonds. The van der Waals surface area contributed by atoms with Crippen molar-refractivity contribution in [3.05, 3.63) is 71.1 Å². The van der Waals surface area contributed by atoms with Crippen LogP contribution in [-0.4, -0.2) is 40.0 Å². The summed E-state index contributed by atoms with van der Waals surface area (Å²) in [6.45, 7) is 3.23. The van der Waals surface area contributed by atoms with Gasteiger partial charge < -0.3 is 9.47 Å². The molecular formula is C21H18Br2N4O6. The van der Waals surface area contributed by atoms with E-state index in [1.807, 2.05) is 6.92 Å². The first kappa shape index (κ1) is 24.5. The molecule has 10 nitrogen and oxygen atoms in total. The molecule has 0 N–H and O–H groups in total. The first-order valence-electron chi connectivity index (χ1n) is 9.64. The van der Waals surface area contributed by atoms with Crippen LogP contribution < -0.4 is 10.3 Å². The standard InChI is InChI=1S/C21H18Br2N4O6/c1-4-18-25-16-6-5-13(22)8-15(16)20(28)26(18)24-10-12-7-14(23)9-17(27(30)31)19(12)33-11(2)21(29)32-3/h5-11H,4H2,1-3H3/t11-/m1/s1. The molecule has 0 unspecified atom stereocenters. The highest BCUT2D eigenvalue weighted by atomic mass is 79.9. The van der Waals surface area contributed by atoms with Crippen LogP contribution in [0.2, 0.25) is 0 Å². The van der Waals surface area contributed by atoms with Gasteiger partial charge in [0, 0.05) is 27.0 Å². The maximum atomic E-state index is 13.1. The second-order valence-electron chi connectivity index (χ2n) is 6.79. The third kappa shape index (κ3) is 5.28. The third-order valence-electron chi connectivity index (χ3n) is 4.59. The molecule has 2 aromatic carbocycles. The number of carbonyl (C=O) groups is 1. The second-order valence-corrected chi connectivity index (χ2v) is 8.62. The lowest BCUT2D eigenvalue weighted by Gasteiger charge is -2.15. The number of hydrogen-bond donors (Lipinski definition) is 0. The minimum atomic E-state index is -1.12. The lowest BCUT2D eigenvalue weighted by Crippen LogP contribution is -2.26. The van der Waals surface area contributed by atoms with Crippen LogP contribution in [0.15, 0.2) is 49.2 Å². The maximum Gasteiger partial charge on any atom is 0.346 e. The number of rotatable bonds is 7. The summed E-state index contributed by atoms with van der Waals surface area (Å²) < 4.78 is 12.4. The second kappa shape index (κ2) is 10.2. The maximum absolute atomic E-state index is 13.1. The van der Waals surface area contributed by atoms with E-state index >= 15 is 0 Å². The number of fused-ring (bicyclic) bond motifs is 1. The number of carbonyl (C=O) groups excluding carboxylic acids is 1. The minimum Gasteiger partial charge on any atom is -0.471 e. The number of methoxy groups -OCH3 is 1. The van der Waals surface area contributed by atoms with Gasteiger partial charge in [0.05, 0.1) is 29.2 Å². The number of aryl methyl sites for hydroxylation is 1. The van der Waals surface area contributed by atoms with Crippen molar-refractivity contribution in [1.29, 1.82) is 0 Å². The fourth-order valence-electron chi connectivity index (χ4n) is 3.01. The van der Waals surface area contributed by atoms with E-state index in [4.69, 9.17) is 4.74 Å². The van der Waals surface area contributed by atoms with Gasteiger partial charge in [-0.3, -0.25) is 14.9 Å². The lowest BCUT2D eigenvalue weighted by molar-refractivity contribution is -0.386. The zero-order valence-corrected chi connectivity index (χ0v) is 20.9. The Morgan fingerprint density at radius 3 is 2.67 bits per heavy atom. The van der Waals surface area contributed by atoms with Gasteiger partial charge >= 0.3 is 11.7 Å². The quantitative estimate of drug-likeness (QED) is 0.177. The number of nitro groups is 1. The number of halogens is 2. The number of esters is 1. The van der Waals surface area contributed by atoms with Gasteiger partial charge in [0.25, 0.3) is 5.56 Å². The summed E-state index contributed by atoms with van der Waals surface area (Å²) >= 11 is 6.58. The summed E-state index contributed by atoms with van der Waals surface area (Å²) in [5.74, 6) is -0.489. The molecule has 0 bridgehead atoms. The van der Waals surface area contributed by atoms with Crippen LogP contribution in [0.4, 0.5) is 5.69 Å². The monoisotopic (exact) mass is 580 g/mol. The molecular weight excluding hydrogens is 564 g/mol. The van der Waals surface area contributed by atoms with Crippen molar-refractivity contribution < 1.29 is 19.2 Å². The van der Waals surface area contributed by atoms with Gasteiger partial charge in [0.15, 0.2) is 6.10 Å². The van der Waals surface area contributed by atoms with Gasteiger partial charge in [0.2, 0.25) is 5.75 Å². The fraction of sp³-hybridized carbons (Fsp3) is 0.238. The van der Waals surface area contributed by atoms with Crippen LogP contribution in [0.3, 0.4) is 0 Å². The average molecular weight is 582 g/mol. The number of hydrogen-bond acceptors (Lipinski definition) is 8. The van der Waals surface area contributed by atoms with Crippen molar-refractivity contribution >= 4 is 60.6 Å². The Hall–Kier alpha value is -3.12. The van der Waals surface area contributed by atoms with Crippen LogP contribution in [-0.2, 0) is 16.0 Å². The fourth-order valence-corrected chi connectivity index (χ4v) is 3.84. The van der Waals surface area contributed by atoms with Crippen molar-refractivity contribution in [2.45, 2.75) is 26.4 Å². The molecule has 172 valence electrons. The Morgan fingerprint density at radius 2 is 2.03 bits per heavy atom. The first-order valence-corrected chi connectivity index (χ1v) is 11.2. The summed E-state index contributed by atoms with van der Waals surface area (Å²) in [5, 5.41) is 16.2. The Labute approximate surface area is 204 Å². The average Bonchev–Trinajstić information content (AvgIpc) is 2.78. The molecule has 0 saturated heterocycles. The van der Waals surface area contributed by atoms with Gasteiger partial charge in [-0.2, -0.15) is 9.78 Å². The largest absolute Gasteiger partial charge is 0.471 e. The molecule has 12 heteroatoms. The Kier molecular flexibility index (Phi) is 7.59. The molecule has 0 fully saturated rings. The van der Waals surface area contributed by atoms with Crippen molar-refractivity contribution in [2.24, 2.45) is 5.10 Å². The number of benzene rings is 2. The molecule has 0 spiro atoms. The predicted molar refractivity (Wildman–Crippen MR) is 129 cm³/mol. The molecule has 0 aliphatic rings. The first-order chi connectivity index (χ1) is 15.7. The summed E-state index contributed by atoms with van der Waals surface area (Å²) in [6, 6.07) is 7.93. The Balaban J connectivity index is 2.18. The van der Waals surface area contributed by atoms with E-state index in [1.165, 1.54) is 32.4 Å². The summed E-state index contributed by atoms with van der Waals surface area (Å²) in [6.07, 6.45) is 0.555. The number of aromatic nitrogens is 2. The van der Waals surface area contributed by atoms with Crippen LogP contribution >= 0.6 is 31.9 Å². The molecule has 1 atom stereocenters. The Bertz CT molecular complexity index is 1340. The molecule has 1 aromatic heterocycles. The van der Waals surface area contributed by atoms with E-state index in [9.17, 15) is 19.7 Å².